The molecule has 1 aliphatic heterocycles. The number of hydrogen-bond acceptors (Lipinski definition) is 2. The number of carbonyl (C=O) groups excluding carboxylic acids is 1. The molecule has 4 heteroatoms. The molecule has 4 bridgehead atoms. The van der Waals surface area contributed by atoms with E-state index in [9.17, 15) is 9.18 Å². The van der Waals surface area contributed by atoms with Crippen LogP contribution in [0.3, 0.4) is 0 Å². The molecule has 1 N–H and O–H groups in total. The van der Waals surface area contributed by atoms with E-state index in [1.54, 1.807) is 18.2 Å². The van der Waals surface area contributed by atoms with Gasteiger partial charge in [0.15, 0.2) is 5.60 Å². The largest absolute Gasteiger partial charge is 0.364 e. The van der Waals surface area contributed by atoms with Crippen molar-refractivity contribution in [2.45, 2.75) is 38.7 Å². The number of halogens is 1. The van der Waals surface area contributed by atoms with Crippen LogP contribution in [0.4, 0.5) is 10.1 Å². The summed E-state index contributed by atoms with van der Waals surface area (Å²) >= 11 is 0. The summed E-state index contributed by atoms with van der Waals surface area (Å²) in [6, 6.07) is 6.28. The maximum atomic E-state index is 13.8. The zero-order chi connectivity index (χ0) is 14.9. The van der Waals surface area contributed by atoms with E-state index in [0.717, 1.165) is 12.8 Å². The Hall–Kier alpha value is -1.42. The van der Waals surface area contributed by atoms with E-state index < -0.39 is 11.4 Å². The Morgan fingerprint density at radius 1 is 1.38 bits per heavy atom. The molecule has 1 heterocycles. The summed E-state index contributed by atoms with van der Waals surface area (Å²) in [7, 11) is 0. The highest BCUT2D eigenvalue weighted by molar-refractivity contribution is 5.99. The Bertz CT molecular complexity index is 633. The van der Waals surface area contributed by atoms with Crippen LogP contribution < -0.4 is 5.32 Å². The van der Waals surface area contributed by atoms with Crippen LogP contribution in [0.1, 0.15) is 33.1 Å². The first kappa shape index (κ1) is 13.3. The van der Waals surface area contributed by atoms with E-state index in [0.29, 0.717) is 12.5 Å². The Labute approximate surface area is 123 Å². The summed E-state index contributed by atoms with van der Waals surface area (Å²) in [5.41, 5.74) is -0.604. The lowest BCUT2D eigenvalue weighted by Crippen LogP contribution is -2.52. The highest BCUT2D eigenvalue weighted by Crippen LogP contribution is 2.75. The zero-order valence-corrected chi connectivity index (χ0v) is 12.4. The molecule has 1 aromatic carbocycles. The molecular weight excluding hydrogens is 269 g/mol. The number of nitrogens with one attached hydrogen (secondary N) is 1. The van der Waals surface area contributed by atoms with E-state index >= 15 is 0 Å². The van der Waals surface area contributed by atoms with Gasteiger partial charge in [-0.3, -0.25) is 4.79 Å². The monoisotopic (exact) mass is 289 g/mol. The number of rotatable bonds is 2. The second kappa shape index (κ2) is 3.86. The second-order valence-corrected chi connectivity index (χ2v) is 7.24. The molecule has 4 rings (SSSR count). The van der Waals surface area contributed by atoms with Crippen molar-refractivity contribution in [3.63, 3.8) is 0 Å². The fraction of sp³-hybridized carbons (Fsp3) is 0.588. The molecule has 1 saturated heterocycles. The fourth-order valence-electron chi connectivity index (χ4n) is 5.04. The number of anilines is 1. The standard InChI is InChI=1S/C17H20FNO2/c1-15-10-21-17(9-11(15)7-8-16(15,17)2)14(20)19-13-6-4-3-5-12(13)18/h3-6,11H,7-10H2,1-2H3,(H,19,20)/t11-,15+,16-,17+/m0/s1. The predicted octanol–water partition coefficient (Wildman–Crippen LogP) is 3.36. The highest BCUT2D eigenvalue weighted by atomic mass is 19.1. The number of para-hydroxylation sites is 1. The molecule has 3 fully saturated rings. The second-order valence-electron chi connectivity index (χ2n) is 7.24. The number of amides is 1. The molecule has 3 nitrogen and oxygen atoms in total. The Kier molecular flexibility index (Phi) is 2.44. The molecule has 2 saturated carbocycles. The topological polar surface area (TPSA) is 38.3 Å². The smallest absolute Gasteiger partial charge is 0.257 e. The first-order chi connectivity index (χ1) is 9.93. The van der Waals surface area contributed by atoms with Gasteiger partial charge in [-0.1, -0.05) is 26.0 Å². The molecule has 0 radical (unpaired) electrons. The van der Waals surface area contributed by atoms with Gasteiger partial charge in [0, 0.05) is 10.8 Å². The third-order valence-electron chi connectivity index (χ3n) is 6.69. The molecule has 2 aliphatic carbocycles. The molecule has 21 heavy (non-hydrogen) atoms. The van der Waals surface area contributed by atoms with Crippen LogP contribution in [0.15, 0.2) is 24.3 Å². The van der Waals surface area contributed by atoms with Crippen LogP contribution in [0.2, 0.25) is 0 Å². The average Bonchev–Trinajstić information content (AvgIpc) is 2.93. The van der Waals surface area contributed by atoms with Crippen LogP contribution in [-0.2, 0) is 9.53 Å². The molecular formula is C17H20FNO2. The van der Waals surface area contributed by atoms with Gasteiger partial charge in [0.25, 0.3) is 5.91 Å². The fourth-order valence-corrected chi connectivity index (χ4v) is 5.04. The summed E-state index contributed by atoms with van der Waals surface area (Å²) in [4.78, 5) is 12.9. The lowest BCUT2D eigenvalue weighted by atomic mass is 9.66. The number of ether oxygens (including phenoxy) is 1. The van der Waals surface area contributed by atoms with Crippen molar-refractivity contribution in [1.82, 2.24) is 0 Å². The van der Waals surface area contributed by atoms with Gasteiger partial charge in [-0.15, -0.1) is 0 Å². The van der Waals surface area contributed by atoms with Gasteiger partial charge in [-0.05, 0) is 37.3 Å². The molecule has 3 aliphatic rings. The van der Waals surface area contributed by atoms with Gasteiger partial charge in [-0.25, -0.2) is 4.39 Å². The van der Waals surface area contributed by atoms with Gasteiger partial charge in [0.1, 0.15) is 5.82 Å². The van der Waals surface area contributed by atoms with Crippen LogP contribution in [0.25, 0.3) is 0 Å². The van der Waals surface area contributed by atoms with Crippen molar-refractivity contribution in [1.29, 1.82) is 0 Å². The van der Waals surface area contributed by atoms with E-state index in [-0.39, 0.29) is 22.4 Å². The summed E-state index contributed by atoms with van der Waals surface area (Å²) in [5, 5.41) is 2.76. The predicted molar refractivity (Wildman–Crippen MR) is 77.3 cm³/mol. The van der Waals surface area contributed by atoms with Gasteiger partial charge < -0.3 is 10.1 Å². The molecule has 4 atom stereocenters. The minimum Gasteiger partial charge on any atom is -0.364 e. The first-order valence-corrected chi connectivity index (χ1v) is 7.63. The zero-order valence-electron chi connectivity index (χ0n) is 12.4. The average molecular weight is 289 g/mol. The van der Waals surface area contributed by atoms with Crippen molar-refractivity contribution in [3.05, 3.63) is 30.1 Å². The van der Waals surface area contributed by atoms with Gasteiger partial charge in [-0.2, -0.15) is 0 Å². The molecule has 0 spiro atoms. The van der Waals surface area contributed by atoms with Crippen LogP contribution in [0, 0.1) is 22.6 Å². The molecule has 0 unspecified atom stereocenters. The van der Waals surface area contributed by atoms with Gasteiger partial charge >= 0.3 is 0 Å². The Morgan fingerprint density at radius 3 is 2.81 bits per heavy atom. The third-order valence-corrected chi connectivity index (χ3v) is 6.69. The number of carbonyl (C=O) groups is 1. The van der Waals surface area contributed by atoms with Crippen LogP contribution in [-0.4, -0.2) is 18.1 Å². The van der Waals surface area contributed by atoms with Crippen molar-refractivity contribution >= 4 is 11.6 Å². The van der Waals surface area contributed by atoms with Crippen molar-refractivity contribution in [2.24, 2.45) is 16.7 Å². The molecule has 1 amide bonds. The lowest BCUT2D eigenvalue weighted by Gasteiger charge is -2.40. The van der Waals surface area contributed by atoms with Crippen molar-refractivity contribution < 1.29 is 13.9 Å². The Balaban J connectivity index is 1.68. The maximum Gasteiger partial charge on any atom is 0.257 e. The first-order valence-electron chi connectivity index (χ1n) is 7.63. The van der Waals surface area contributed by atoms with Crippen LogP contribution in [0.5, 0.6) is 0 Å². The molecule has 1 aromatic rings. The van der Waals surface area contributed by atoms with Crippen molar-refractivity contribution in [2.75, 3.05) is 11.9 Å². The van der Waals surface area contributed by atoms with E-state index in [2.05, 4.69) is 19.2 Å². The minimum atomic E-state index is -0.785. The Morgan fingerprint density at radius 2 is 2.14 bits per heavy atom. The van der Waals surface area contributed by atoms with Crippen molar-refractivity contribution in [3.8, 4) is 0 Å². The van der Waals surface area contributed by atoms with E-state index in [1.165, 1.54) is 12.5 Å². The summed E-state index contributed by atoms with van der Waals surface area (Å²) in [5.74, 6) is -0.0417. The minimum absolute atomic E-state index is 0.0829. The molecule has 0 aromatic heterocycles. The normalized spacial score (nSPS) is 43.3. The summed E-state index contributed by atoms with van der Waals surface area (Å²) in [6.45, 7) is 5.06. The summed E-state index contributed by atoms with van der Waals surface area (Å²) < 4.78 is 19.8. The van der Waals surface area contributed by atoms with E-state index in [4.69, 9.17) is 4.74 Å². The summed E-state index contributed by atoms with van der Waals surface area (Å²) in [6.07, 6.45) is 2.95. The lowest BCUT2D eigenvalue weighted by molar-refractivity contribution is -0.149. The van der Waals surface area contributed by atoms with Gasteiger partial charge in [0.05, 0.1) is 12.3 Å². The quantitative estimate of drug-likeness (QED) is 0.906. The third kappa shape index (κ3) is 1.35. The number of benzene rings is 1. The molecule has 112 valence electrons. The van der Waals surface area contributed by atoms with E-state index in [1.807, 2.05) is 0 Å². The number of hydrogen-bond donors (Lipinski definition) is 1. The maximum absolute atomic E-state index is 13.8. The van der Waals surface area contributed by atoms with Crippen LogP contribution >= 0.6 is 0 Å². The highest BCUT2D eigenvalue weighted by Gasteiger charge is 2.78. The van der Waals surface area contributed by atoms with Gasteiger partial charge in [0.2, 0.25) is 0 Å². The SMILES string of the molecule is C[C@@]12CC[C@H]3C[C@]1(C(=O)Nc1ccccc1F)OC[C@]32C.